The van der Waals surface area contributed by atoms with Gasteiger partial charge in [-0.05, 0) is 37.5 Å². The summed E-state index contributed by atoms with van der Waals surface area (Å²) in [4.78, 5) is 11.7. The third kappa shape index (κ3) is 0.634. The van der Waals surface area contributed by atoms with E-state index < -0.39 is 0 Å². The Kier molecular flexibility index (Phi) is 1.24. The Labute approximate surface area is 72.0 Å². The van der Waals surface area contributed by atoms with Crippen LogP contribution in [0.5, 0.6) is 0 Å². The van der Waals surface area contributed by atoms with E-state index in [1.54, 1.807) is 0 Å². The highest BCUT2D eigenvalue weighted by molar-refractivity contribution is 5.87. The molecule has 0 saturated heterocycles. The second-order valence-electron chi connectivity index (χ2n) is 4.59. The third-order valence-corrected chi connectivity index (χ3v) is 4.26. The van der Waals surface area contributed by atoms with Gasteiger partial charge in [-0.2, -0.15) is 0 Å². The molecule has 4 atom stereocenters. The number of carbonyl (C=O) groups excluding carboxylic acids is 1. The second-order valence-corrected chi connectivity index (χ2v) is 4.59. The summed E-state index contributed by atoms with van der Waals surface area (Å²) in [7, 11) is 0. The molecule has 3 rings (SSSR count). The topological polar surface area (TPSA) is 37.3 Å². The van der Waals surface area contributed by atoms with E-state index in [1.807, 2.05) is 0 Å². The average molecular weight is 166 g/mol. The van der Waals surface area contributed by atoms with Crippen LogP contribution < -0.4 is 0 Å². The van der Waals surface area contributed by atoms with E-state index in [1.165, 1.54) is 0 Å². The van der Waals surface area contributed by atoms with Crippen molar-refractivity contribution < 1.29 is 9.90 Å². The molecule has 0 heterocycles. The lowest BCUT2D eigenvalue weighted by molar-refractivity contribution is -0.133. The van der Waals surface area contributed by atoms with Crippen LogP contribution in [-0.4, -0.2) is 17.0 Å². The average Bonchev–Trinajstić information content (AvgIpc) is 2.41. The minimum Gasteiger partial charge on any atom is -0.393 e. The van der Waals surface area contributed by atoms with Gasteiger partial charge in [-0.15, -0.1) is 0 Å². The molecule has 3 aliphatic carbocycles. The maximum atomic E-state index is 11.7. The van der Waals surface area contributed by atoms with Crippen LogP contribution in [0.4, 0.5) is 0 Å². The molecule has 0 aliphatic heterocycles. The van der Waals surface area contributed by atoms with E-state index >= 15 is 0 Å². The fraction of sp³-hybridized carbons (Fsp3) is 0.900. The number of fused-ring (bicyclic) bond motifs is 6. The number of hydrogen-bond acceptors (Lipinski definition) is 2. The summed E-state index contributed by atoms with van der Waals surface area (Å²) in [6.07, 6.45) is 4.17. The Morgan fingerprint density at radius 1 is 1.00 bits per heavy atom. The first-order valence-corrected chi connectivity index (χ1v) is 5.01. The van der Waals surface area contributed by atoms with Crippen molar-refractivity contribution in [1.29, 1.82) is 0 Å². The van der Waals surface area contributed by atoms with E-state index in [-0.39, 0.29) is 17.9 Å². The minimum atomic E-state index is -0.139. The van der Waals surface area contributed by atoms with Crippen molar-refractivity contribution in [3.8, 4) is 0 Å². The van der Waals surface area contributed by atoms with Crippen molar-refractivity contribution >= 4 is 5.78 Å². The predicted octanol–water partition coefficient (Wildman–Crippen LogP) is 0.982. The molecular weight excluding hydrogens is 152 g/mol. The van der Waals surface area contributed by atoms with Gasteiger partial charge < -0.3 is 5.11 Å². The second kappa shape index (κ2) is 2.11. The van der Waals surface area contributed by atoms with Gasteiger partial charge >= 0.3 is 0 Å². The molecule has 0 aromatic rings. The molecule has 0 radical (unpaired) electrons. The zero-order chi connectivity index (χ0) is 8.29. The van der Waals surface area contributed by atoms with Crippen LogP contribution in [0.2, 0.25) is 0 Å². The highest BCUT2D eigenvalue weighted by atomic mass is 16.3. The van der Waals surface area contributed by atoms with Crippen LogP contribution >= 0.6 is 0 Å². The summed E-state index contributed by atoms with van der Waals surface area (Å²) >= 11 is 0. The summed E-state index contributed by atoms with van der Waals surface area (Å²) in [5, 5.41) is 9.86. The van der Waals surface area contributed by atoms with Gasteiger partial charge in [0.15, 0.2) is 0 Å². The minimum absolute atomic E-state index is 0.139. The van der Waals surface area contributed by atoms with Gasteiger partial charge in [0.05, 0.1) is 6.10 Å². The Balaban J connectivity index is 2.04. The van der Waals surface area contributed by atoms with E-state index in [4.69, 9.17) is 0 Å². The molecule has 4 unspecified atom stereocenters. The molecule has 66 valence electrons. The number of carbonyl (C=O) groups is 1. The van der Waals surface area contributed by atoms with Crippen molar-refractivity contribution in [1.82, 2.24) is 0 Å². The van der Waals surface area contributed by atoms with Crippen molar-refractivity contribution in [2.24, 2.45) is 23.7 Å². The summed E-state index contributed by atoms with van der Waals surface area (Å²) in [5.41, 5.74) is 0. The first-order chi connectivity index (χ1) is 5.79. The molecule has 3 fully saturated rings. The Bertz CT molecular complexity index is 214. The molecule has 0 aromatic heterocycles. The number of hydrogen-bond donors (Lipinski definition) is 1. The number of ketones is 1. The summed E-state index contributed by atoms with van der Waals surface area (Å²) in [6, 6.07) is 0. The maximum absolute atomic E-state index is 11.7. The Morgan fingerprint density at radius 2 is 1.50 bits per heavy atom. The predicted molar refractivity (Wildman–Crippen MR) is 43.4 cm³/mol. The molecule has 1 N–H and O–H groups in total. The van der Waals surface area contributed by atoms with E-state index in [0.29, 0.717) is 17.6 Å². The van der Waals surface area contributed by atoms with Crippen molar-refractivity contribution in [2.75, 3.05) is 0 Å². The van der Waals surface area contributed by atoms with Crippen molar-refractivity contribution in [2.45, 2.75) is 31.8 Å². The molecule has 2 nitrogen and oxygen atoms in total. The van der Waals surface area contributed by atoms with Crippen LogP contribution in [0.15, 0.2) is 0 Å². The van der Waals surface area contributed by atoms with E-state index in [9.17, 15) is 9.90 Å². The van der Waals surface area contributed by atoms with Crippen molar-refractivity contribution in [3.63, 3.8) is 0 Å². The van der Waals surface area contributed by atoms with Crippen molar-refractivity contribution in [3.05, 3.63) is 0 Å². The van der Waals surface area contributed by atoms with Gasteiger partial charge in [-0.3, -0.25) is 4.79 Å². The third-order valence-electron chi connectivity index (χ3n) is 4.26. The summed E-state index contributed by atoms with van der Waals surface area (Å²) in [5.74, 6) is 1.63. The molecule has 12 heavy (non-hydrogen) atoms. The highest BCUT2D eigenvalue weighted by Gasteiger charge is 2.56. The summed E-state index contributed by atoms with van der Waals surface area (Å²) in [6.45, 7) is 0. The van der Waals surface area contributed by atoms with Crippen LogP contribution in [0, 0.1) is 23.7 Å². The molecule has 3 aliphatic rings. The van der Waals surface area contributed by atoms with Gasteiger partial charge in [0.1, 0.15) is 5.78 Å². The molecule has 4 bridgehead atoms. The zero-order valence-corrected chi connectivity index (χ0v) is 7.07. The smallest absolute Gasteiger partial charge is 0.139 e. The molecule has 0 amide bonds. The van der Waals surface area contributed by atoms with E-state index in [2.05, 4.69) is 0 Å². The normalized spacial score (nSPS) is 56.4. The largest absolute Gasteiger partial charge is 0.393 e. The number of Topliss-reactive ketones (excluding diaryl/α,β-unsaturated/α-hetero) is 1. The standard InChI is InChI=1S/C10H14O2/c11-9-5-1-2-6(9)8-4-3-7(5)10(8)12/h5-9,11H,1-4H2. The quantitative estimate of drug-likeness (QED) is 0.582. The zero-order valence-electron chi connectivity index (χ0n) is 7.07. The van der Waals surface area contributed by atoms with E-state index in [0.717, 1.165) is 25.7 Å². The molecule has 0 spiro atoms. The first-order valence-electron chi connectivity index (χ1n) is 5.01. The lowest BCUT2D eigenvalue weighted by Crippen LogP contribution is -2.39. The number of aliphatic hydroxyl groups is 1. The lowest BCUT2D eigenvalue weighted by atomic mass is 9.76. The number of aliphatic hydroxyl groups excluding tert-OH is 1. The summed E-state index contributed by atoms with van der Waals surface area (Å²) < 4.78 is 0. The van der Waals surface area contributed by atoms with Crippen LogP contribution in [0.25, 0.3) is 0 Å². The van der Waals surface area contributed by atoms with Gasteiger partial charge in [0, 0.05) is 11.8 Å². The molecule has 0 aromatic carbocycles. The lowest BCUT2D eigenvalue weighted by Gasteiger charge is -2.30. The molecule has 2 heteroatoms. The van der Waals surface area contributed by atoms with Crippen LogP contribution in [0.1, 0.15) is 25.7 Å². The van der Waals surface area contributed by atoms with Gasteiger partial charge in [-0.1, -0.05) is 0 Å². The molecule has 3 saturated carbocycles. The Morgan fingerprint density at radius 3 is 2.00 bits per heavy atom. The molecular formula is C10H14O2. The van der Waals surface area contributed by atoms with Crippen LogP contribution in [-0.2, 0) is 4.79 Å². The van der Waals surface area contributed by atoms with Crippen LogP contribution in [0.3, 0.4) is 0 Å². The maximum Gasteiger partial charge on any atom is 0.139 e. The monoisotopic (exact) mass is 166 g/mol. The van der Waals surface area contributed by atoms with Gasteiger partial charge in [-0.25, -0.2) is 0 Å². The highest BCUT2D eigenvalue weighted by Crippen LogP contribution is 2.53. The SMILES string of the molecule is O=C1C2CCC1C1CCC2C1O. The Hall–Kier alpha value is -0.370. The number of rotatable bonds is 0. The first kappa shape index (κ1) is 7.07. The fourth-order valence-corrected chi connectivity index (χ4v) is 3.69. The fourth-order valence-electron chi connectivity index (χ4n) is 3.69. The van der Waals surface area contributed by atoms with Gasteiger partial charge in [0.2, 0.25) is 0 Å². The van der Waals surface area contributed by atoms with Gasteiger partial charge in [0.25, 0.3) is 0 Å².